The summed E-state index contributed by atoms with van der Waals surface area (Å²) in [5.41, 5.74) is 2.28. The van der Waals surface area contributed by atoms with Gasteiger partial charge in [-0.3, -0.25) is 4.79 Å². The summed E-state index contributed by atoms with van der Waals surface area (Å²) in [6.07, 6.45) is 2.27. The topological polar surface area (TPSA) is 75.0 Å². The molecular formula is C21H16N2O3. The number of Topliss-reactive ketones (excluding diaryl/α,β-unsaturated/α-hetero) is 1. The van der Waals surface area contributed by atoms with E-state index in [-0.39, 0.29) is 5.78 Å². The average molecular weight is 344 g/mol. The first-order chi connectivity index (χ1) is 12.7. The number of ether oxygens (including phenoxy) is 1. The van der Waals surface area contributed by atoms with Gasteiger partial charge in [0.05, 0.1) is 0 Å². The first-order valence-electron chi connectivity index (χ1n) is 8.23. The van der Waals surface area contributed by atoms with Crippen molar-refractivity contribution in [1.29, 1.82) is 0 Å². The molecule has 2 aromatic carbocycles. The van der Waals surface area contributed by atoms with Gasteiger partial charge in [0, 0.05) is 34.4 Å². The zero-order valence-corrected chi connectivity index (χ0v) is 13.8. The third kappa shape index (κ3) is 2.91. The SMILES string of the molecule is O=C(O[C@H](C(=O)c1c[nH]c2ccccc12)c1ccccc1)c1ccc[nH]1. The van der Waals surface area contributed by atoms with E-state index in [1.54, 1.807) is 36.7 Å². The summed E-state index contributed by atoms with van der Waals surface area (Å²) in [6, 6.07) is 19.9. The molecule has 0 aliphatic carbocycles. The summed E-state index contributed by atoms with van der Waals surface area (Å²) in [5.74, 6) is -0.842. The number of aromatic amines is 2. The average Bonchev–Trinajstić information content (AvgIpc) is 3.36. The molecule has 1 atom stereocenters. The Hall–Kier alpha value is -3.60. The van der Waals surface area contributed by atoms with Crippen molar-refractivity contribution in [1.82, 2.24) is 9.97 Å². The summed E-state index contributed by atoms with van der Waals surface area (Å²) >= 11 is 0. The number of ketones is 1. The second kappa shape index (κ2) is 6.72. The number of fused-ring (bicyclic) bond motifs is 1. The maximum Gasteiger partial charge on any atom is 0.355 e. The lowest BCUT2D eigenvalue weighted by atomic mass is 9.99. The van der Waals surface area contributed by atoms with E-state index in [9.17, 15) is 9.59 Å². The maximum absolute atomic E-state index is 13.2. The van der Waals surface area contributed by atoms with Gasteiger partial charge in [0.15, 0.2) is 6.10 Å². The number of H-pyrrole nitrogens is 2. The van der Waals surface area contributed by atoms with Crippen molar-refractivity contribution < 1.29 is 14.3 Å². The Balaban J connectivity index is 1.73. The van der Waals surface area contributed by atoms with Crippen LogP contribution in [0, 0.1) is 0 Å². The Morgan fingerprint density at radius 1 is 0.846 bits per heavy atom. The van der Waals surface area contributed by atoms with Crippen LogP contribution in [0.25, 0.3) is 10.9 Å². The molecule has 5 heteroatoms. The number of esters is 1. The zero-order valence-electron chi connectivity index (χ0n) is 13.8. The van der Waals surface area contributed by atoms with Gasteiger partial charge in [0.1, 0.15) is 5.69 Å². The molecule has 0 radical (unpaired) electrons. The van der Waals surface area contributed by atoms with Crippen LogP contribution in [0.15, 0.2) is 79.1 Å². The first-order valence-corrected chi connectivity index (χ1v) is 8.23. The van der Waals surface area contributed by atoms with Crippen LogP contribution in [0.5, 0.6) is 0 Å². The van der Waals surface area contributed by atoms with Crippen molar-refractivity contribution in [2.75, 3.05) is 0 Å². The van der Waals surface area contributed by atoms with Crippen LogP contribution in [-0.4, -0.2) is 21.7 Å². The number of para-hydroxylation sites is 1. The zero-order chi connectivity index (χ0) is 17.9. The van der Waals surface area contributed by atoms with Crippen LogP contribution in [-0.2, 0) is 4.74 Å². The van der Waals surface area contributed by atoms with Gasteiger partial charge in [0.2, 0.25) is 5.78 Å². The van der Waals surface area contributed by atoms with Crippen molar-refractivity contribution in [3.8, 4) is 0 Å². The van der Waals surface area contributed by atoms with Gasteiger partial charge in [-0.15, -0.1) is 0 Å². The van der Waals surface area contributed by atoms with Gasteiger partial charge >= 0.3 is 5.97 Å². The Morgan fingerprint density at radius 3 is 2.38 bits per heavy atom. The number of carbonyl (C=O) groups excluding carboxylic acids is 2. The molecule has 4 rings (SSSR count). The molecule has 2 heterocycles. The Bertz CT molecular complexity index is 1050. The van der Waals surface area contributed by atoms with E-state index in [4.69, 9.17) is 4.74 Å². The molecule has 0 aliphatic rings. The highest BCUT2D eigenvalue weighted by Gasteiger charge is 2.28. The monoisotopic (exact) mass is 344 g/mol. The van der Waals surface area contributed by atoms with E-state index >= 15 is 0 Å². The third-order valence-corrected chi connectivity index (χ3v) is 4.24. The smallest absolute Gasteiger partial charge is 0.355 e. The molecule has 0 saturated carbocycles. The highest BCUT2D eigenvalue weighted by molar-refractivity contribution is 6.10. The van der Waals surface area contributed by atoms with Gasteiger partial charge in [0.25, 0.3) is 0 Å². The third-order valence-electron chi connectivity index (χ3n) is 4.24. The minimum Gasteiger partial charge on any atom is -0.444 e. The molecule has 0 amide bonds. The van der Waals surface area contributed by atoms with Crippen LogP contribution in [0.1, 0.15) is 32.5 Å². The van der Waals surface area contributed by atoms with E-state index < -0.39 is 12.1 Å². The number of carbonyl (C=O) groups is 2. The highest BCUT2D eigenvalue weighted by atomic mass is 16.5. The molecule has 0 aliphatic heterocycles. The minimum atomic E-state index is -1.02. The van der Waals surface area contributed by atoms with Crippen LogP contribution in [0.3, 0.4) is 0 Å². The number of hydrogen-bond donors (Lipinski definition) is 2. The summed E-state index contributed by atoms with van der Waals surface area (Å²) in [4.78, 5) is 31.5. The lowest BCUT2D eigenvalue weighted by molar-refractivity contribution is 0.0275. The van der Waals surface area contributed by atoms with Gasteiger partial charge in [-0.05, 0) is 18.2 Å². The number of benzene rings is 2. The number of hydrogen-bond acceptors (Lipinski definition) is 3. The molecule has 0 saturated heterocycles. The molecule has 2 aromatic heterocycles. The quantitative estimate of drug-likeness (QED) is 0.419. The standard InChI is InChI=1S/C21H16N2O3/c24-19(16-13-23-17-10-5-4-9-15(16)17)20(14-7-2-1-3-8-14)26-21(25)18-11-6-12-22-18/h1-13,20,22-23H/t20-/m0/s1. The van der Waals surface area contributed by atoms with Crippen molar-refractivity contribution in [2.45, 2.75) is 6.10 Å². The molecule has 2 N–H and O–H groups in total. The Labute approximate surface area is 149 Å². The number of nitrogens with one attached hydrogen (secondary N) is 2. The molecular weight excluding hydrogens is 328 g/mol. The Morgan fingerprint density at radius 2 is 1.62 bits per heavy atom. The van der Waals surface area contributed by atoms with Crippen molar-refractivity contribution in [2.24, 2.45) is 0 Å². The molecule has 0 fully saturated rings. The van der Waals surface area contributed by atoms with Gasteiger partial charge < -0.3 is 14.7 Å². The fourth-order valence-corrected chi connectivity index (χ4v) is 2.95. The van der Waals surface area contributed by atoms with E-state index in [1.807, 2.05) is 42.5 Å². The summed E-state index contributed by atoms with van der Waals surface area (Å²) in [5, 5.41) is 0.800. The summed E-state index contributed by atoms with van der Waals surface area (Å²) in [7, 11) is 0. The van der Waals surface area contributed by atoms with E-state index in [2.05, 4.69) is 9.97 Å². The Kier molecular flexibility index (Phi) is 4.11. The van der Waals surface area contributed by atoms with Crippen LogP contribution in [0.2, 0.25) is 0 Å². The van der Waals surface area contributed by atoms with Gasteiger partial charge in [-0.2, -0.15) is 0 Å². The molecule has 4 aromatic rings. The predicted molar refractivity (Wildman–Crippen MR) is 98.0 cm³/mol. The fourth-order valence-electron chi connectivity index (χ4n) is 2.95. The summed E-state index contributed by atoms with van der Waals surface area (Å²) in [6.45, 7) is 0. The lowest BCUT2D eigenvalue weighted by Crippen LogP contribution is -2.20. The molecule has 128 valence electrons. The second-order valence-electron chi connectivity index (χ2n) is 5.89. The highest BCUT2D eigenvalue weighted by Crippen LogP contribution is 2.27. The lowest BCUT2D eigenvalue weighted by Gasteiger charge is -2.16. The largest absolute Gasteiger partial charge is 0.444 e. The first kappa shape index (κ1) is 15.9. The van der Waals surface area contributed by atoms with Gasteiger partial charge in [-0.1, -0.05) is 48.5 Å². The van der Waals surface area contributed by atoms with E-state index in [1.165, 1.54) is 0 Å². The maximum atomic E-state index is 13.2. The molecule has 0 bridgehead atoms. The molecule has 0 spiro atoms. The van der Waals surface area contributed by atoms with Crippen LogP contribution >= 0.6 is 0 Å². The van der Waals surface area contributed by atoms with Crippen molar-refractivity contribution >= 4 is 22.7 Å². The van der Waals surface area contributed by atoms with E-state index in [0.717, 1.165) is 10.9 Å². The normalized spacial score (nSPS) is 12.0. The number of aromatic nitrogens is 2. The minimum absolute atomic E-state index is 0.270. The molecule has 5 nitrogen and oxygen atoms in total. The predicted octanol–water partition coefficient (Wildman–Crippen LogP) is 4.28. The number of rotatable bonds is 5. The van der Waals surface area contributed by atoms with Crippen LogP contribution < -0.4 is 0 Å². The second-order valence-corrected chi connectivity index (χ2v) is 5.89. The van der Waals surface area contributed by atoms with E-state index in [0.29, 0.717) is 16.8 Å². The van der Waals surface area contributed by atoms with Crippen molar-refractivity contribution in [3.05, 3.63) is 95.9 Å². The van der Waals surface area contributed by atoms with Crippen LogP contribution in [0.4, 0.5) is 0 Å². The van der Waals surface area contributed by atoms with Crippen molar-refractivity contribution in [3.63, 3.8) is 0 Å². The molecule has 0 unspecified atom stereocenters. The van der Waals surface area contributed by atoms with Gasteiger partial charge in [-0.25, -0.2) is 4.79 Å². The summed E-state index contributed by atoms with van der Waals surface area (Å²) < 4.78 is 5.58. The molecule has 26 heavy (non-hydrogen) atoms. The fraction of sp³-hybridized carbons (Fsp3) is 0.0476.